The van der Waals surface area contributed by atoms with Gasteiger partial charge < -0.3 is 5.32 Å². The van der Waals surface area contributed by atoms with E-state index in [0.717, 1.165) is 12.2 Å². The first-order valence-corrected chi connectivity index (χ1v) is 6.52. The van der Waals surface area contributed by atoms with E-state index in [0.29, 0.717) is 11.5 Å². The summed E-state index contributed by atoms with van der Waals surface area (Å²) in [6.07, 6.45) is 1.17. The summed E-state index contributed by atoms with van der Waals surface area (Å²) < 4.78 is 2.09. The fraction of sp³-hybridized carbons (Fsp3) is 0.786. The topological polar surface area (TPSA) is 29.9 Å². The molecule has 0 spiro atoms. The molecule has 0 aromatic carbocycles. The van der Waals surface area contributed by atoms with Crippen molar-refractivity contribution in [1.82, 2.24) is 9.78 Å². The Morgan fingerprint density at radius 3 is 2.24 bits per heavy atom. The van der Waals surface area contributed by atoms with Crippen molar-refractivity contribution in [3.63, 3.8) is 0 Å². The third-order valence-electron chi connectivity index (χ3n) is 2.99. The van der Waals surface area contributed by atoms with E-state index >= 15 is 0 Å². The van der Waals surface area contributed by atoms with Crippen LogP contribution in [0.3, 0.4) is 0 Å². The molecule has 0 saturated carbocycles. The molecule has 1 N–H and O–H groups in total. The molecule has 0 fully saturated rings. The zero-order valence-corrected chi connectivity index (χ0v) is 12.4. The number of nitrogens with zero attached hydrogens (tertiary/aromatic N) is 2. The van der Waals surface area contributed by atoms with Crippen molar-refractivity contribution in [2.24, 2.45) is 5.41 Å². The average Bonchev–Trinajstić information content (AvgIpc) is 2.43. The van der Waals surface area contributed by atoms with E-state index in [1.807, 2.05) is 0 Å². The molecule has 0 unspecified atom stereocenters. The maximum Gasteiger partial charge on any atom is 0.0828 e. The number of rotatable bonds is 4. The third-order valence-corrected chi connectivity index (χ3v) is 2.99. The second kappa shape index (κ2) is 5.11. The lowest BCUT2D eigenvalue weighted by Gasteiger charge is -2.18. The Kier molecular flexibility index (Phi) is 4.23. The highest BCUT2D eigenvalue weighted by Crippen LogP contribution is 2.24. The zero-order chi connectivity index (χ0) is 13.2. The lowest BCUT2D eigenvalue weighted by molar-refractivity contribution is 0.389. The van der Waals surface area contributed by atoms with E-state index in [4.69, 9.17) is 0 Å². The first-order chi connectivity index (χ1) is 7.72. The van der Waals surface area contributed by atoms with Crippen LogP contribution in [0, 0.1) is 19.3 Å². The van der Waals surface area contributed by atoms with Gasteiger partial charge in [-0.1, -0.05) is 20.8 Å². The Balaban J connectivity index is 2.72. The predicted molar refractivity (Wildman–Crippen MR) is 74.6 cm³/mol. The normalized spacial score (nSPS) is 12.2. The van der Waals surface area contributed by atoms with Crippen LogP contribution in [0.25, 0.3) is 0 Å². The van der Waals surface area contributed by atoms with Crippen LogP contribution in [0.2, 0.25) is 0 Å². The van der Waals surface area contributed by atoms with Crippen LogP contribution < -0.4 is 5.32 Å². The number of hydrogen-bond acceptors (Lipinski definition) is 2. The van der Waals surface area contributed by atoms with Crippen molar-refractivity contribution in [1.29, 1.82) is 0 Å². The fourth-order valence-electron chi connectivity index (χ4n) is 1.98. The first kappa shape index (κ1) is 14.1. The molecule has 0 bridgehead atoms. The molecule has 0 saturated heterocycles. The predicted octanol–water partition coefficient (Wildman–Crippen LogP) is 3.93. The minimum absolute atomic E-state index is 0.378. The van der Waals surface area contributed by atoms with Gasteiger partial charge in [0.2, 0.25) is 0 Å². The molecule has 0 radical (unpaired) electrons. The maximum atomic E-state index is 4.58. The smallest absolute Gasteiger partial charge is 0.0828 e. The van der Waals surface area contributed by atoms with E-state index in [2.05, 4.69) is 63.6 Å². The molecule has 17 heavy (non-hydrogen) atoms. The van der Waals surface area contributed by atoms with Crippen molar-refractivity contribution in [3.05, 3.63) is 11.4 Å². The molecule has 3 nitrogen and oxygen atoms in total. The van der Waals surface area contributed by atoms with Gasteiger partial charge in [-0.2, -0.15) is 5.10 Å². The highest BCUT2D eigenvalue weighted by Gasteiger charge is 2.14. The molecule has 1 rings (SSSR count). The summed E-state index contributed by atoms with van der Waals surface area (Å²) >= 11 is 0. The molecular formula is C14H27N3. The van der Waals surface area contributed by atoms with Crippen LogP contribution in [0.5, 0.6) is 0 Å². The van der Waals surface area contributed by atoms with Gasteiger partial charge in [0.15, 0.2) is 0 Å². The van der Waals surface area contributed by atoms with Gasteiger partial charge in [-0.05, 0) is 39.5 Å². The molecule has 0 aliphatic carbocycles. The second-order valence-electron chi connectivity index (χ2n) is 6.32. The molecule has 0 amide bonds. The van der Waals surface area contributed by atoms with E-state index in [-0.39, 0.29) is 0 Å². The van der Waals surface area contributed by atoms with Gasteiger partial charge in [0, 0.05) is 12.6 Å². The lowest BCUT2D eigenvalue weighted by Crippen LogP contribution is -2.13. The minimum Gasteiger partial charge on any atom is -0.382 e. The summed E-state index contributed by atoms with van der Waals surface area (Å²) in [6.45, 7) is 16.4. The van der Waals surface area contributed by atoms with E-state index in [1.165, 1.54) is 17.8 Å². The molecule has 0 aliphatic heterocycles. The van der Waals surface area contributed by atoms with Crippen molar-refractivity contribution in [2.45, 2.75) is 60.9 Å². The standard InChI is InChI=1S/C14H27N3/c1-10(2)17-12(4)13(11(3)16-17)15-9-8-14(5,6)7/h10,15H,8-9H2,1-7H3. The average molecular weight is 237 g/mol. The zero-order valence-electron chi connectivity index (χ0n) is 12.4. The molecule has 98 valence electrons. The Bertz CT molecular complexity index is 370. The Morgan fingerprint density at radius 1 is 1.24 bits per heavy atom. The van der Waals surface area contributed by atoms with Gasteiger partial charge in [0.25, 0.3) is 0 Å². The van der Waals surface area contributed by atoms with Crippen molar-refractivity contribution < 1.29 is 0 Å². The quantitative estimate of drug-likeness (QED) is 0.860. The summed E-state index contributed by atoms with van der Waals surface area (Å²) in [4.78, 5) is 0. The molecule has 0 aliphatic rings. The highest BCUT2D eigenvalue weighted by molar-refractivity contribution is 5.52. The van der Waals surface area contributed by atoms with Crippen LogP contribution in [0.1, 0.15) is 58.5 Å². The minimum atomic E-state index is 0.378. The first-order valence-electron chi connectivity index (χ1n) is 6.52. The molecule has 1 aromatic heterocycles. The van der Waals surface area contributed by atoms with Crippen LogP contribution in [-0.2, 0) is 0 Å². The fourth-order valence-corrected chi connectivity index (χ4v) is 1.98. The van der Waals surface area contributed by atoms with Crippen molar-refractivity contribution >= 4 is 5.69 Å². The van der Waals surface area contributed by atoms with Gasteiger partial charge in [0.1, 0.15) is 0 Å². The monoisotopic (exact) mass is 237 g/mol. The van der Waals surface area contributed by atoms with Gasteiger partial charge in [-0.25, -0.2) is 0 Å². The summed E-state index contributed by atoms with van der Waals surface area (Å²) in [7, 11) is 0. The Morgan fingerprint density at radius 2 is 1.82 bits per heavy atom. The number of aryl methyl sites for hydroxylation is 1. The van der Waals surface area contributed by atoms with Crippen LogP contribution in [-0.4, -0.2) is 16.3 Å². The SMILES string of the molecule is Cc1nn(C(C)C)c(C)c1NCCC(C)(C)C. The molecular weight excluding hydrogens is 210 g/mol. The number of anilines is 1. The van der Waals surface area contributed by atoms with Crippen molar-refractivity contribution in [3.8, 4) is 0 Å². The Hall–Kier alpha value is -0.990. The summed E-state index contributed by atoms with van der Waals surface area (Å²) in [6, 6.07) is 0.423. The largest absolute Gasteiger partial charge is 0.382 e. The van der Waals surface area contributed by atoms with Crippen molar-refractivity contribution in [2.75, 3.05) is 11.9 Å². The molecule has 1 heterocycles. The van der Waals surface area contributed by atoms with Gasteiger partial charge in [-0.3, -0.25) is 4.68 Å². The van der Waals surface area contributed by atoms with Gasteiger partial charge >= 0.3 is 0 Å². The van der Waals surface area contributed by atoms with Crippen LogP contribution in [0.15, 0.2) is 0 Å². The molecule has 3 heteroatoms. The number of nitrogens with one attached hydrogen (secondary N) is 1. The lowest BCUT2D eigenvalue weighted by atomic mass is 9.92. The second-order valence-corrected chi connectivity index (χ2v) is 6.32. The summed E-state index contributed by atoms with van der Waals surface area (Å²) in [5.74, 6) is 0. The molecule has 1 aromatic rings. The van der Waals surface area contributed by atoms with Crippen LogP contribution in [0.4, 0.5) is 5.69 Å². The van der Waals surface area contributed by atoms with Gasteiger partial charge in [-0.15, -0.1) is 0 Å². The molecule has 0 atom stereocenters. The highest BCUT2D eigenvalue weighted by atomic mass is 15.3. The van der Waals surface area contributed by atoms with E-state index in [9.17, 15) is 0 Å². The van der Waals surface area contributed by atoms with E-state index in [1.54, 1.807) is 0 Å². The van der Waals surface area contributed by atoms with E-state index < -0.39 is 0 Å². The Labute approximate surface area is 106 Å². The number of aromatic nitrogens is 2. The third kappa shape index (κ3) is 3.76. The van der Waals surface area contributed by atoms with Gasteiger partial charge in [0.05, 0.1) is 17.1 Å². The summed E-state index contributed by atoms with van der Waals surface area (Å²) in [5.41, 5.74) is 3.93. The summed E-state index contributed by atoms with van der Waals surface area (Å²) in [5, 5.41) is 8.11. The maximum absolute atomic E-state index is 4.58. The number of hydrogen-bond donors (Lipinski definition) is 1. The van der Waals surface area contributed by atoms with Crippen LogP contribution >= 0.6 is 0 Å².